The van der Waals surface area contributed by atoms with Gasteiger partial charge in [-0.15, -0.1) is 0 Å². The smallest absolute Gasteiger partial charge is 0.438 e. The molecular weight excluding hydrogens is 387 g/mol. The number of aliphatic hydroxyl groups is 1. The van der Waals surface area contributed by atoms with Crippen molar-refractivity contribution in [2.45, 2.75) is 18.3 Å². The number of benzene rings is 2. The van der Waals surface area contributed by atoms with Gasteiger partial charge in [0.25, 0.3) is 11.6 Å². The van der Waals surface area contributed by atoms with Crippen molar-refractivity contribution in [2.24, 2.45) is 5.10 Å². The molecule has 0 aromatic heterocycles. The van der Waals surface area contributed by atoms with Gasteiger partial charge in [-0.05, 0) is 54.1 Å². The van der Waals surface area contributed by atoms with Crippen LogP contribution in [-0.4, -0.2) is 54.8 Å². The molecular formula is C20H20F3N3O3. The minimum Gasteiger partial charge on any atom is -0.497 e. The molecule has 0 unspecified atom stereocenters. The third-order valence-corrected chi connectivity index (χ3v) is 4.69. The number of hydrogen-bond acceptors (Lipinski definition) is 5. The van der Waals surface area contributed by atoms with Crippen LogP contribution < -0.4 is 9.64 Å². The number of methoxy groups -OCH3 is 1. The number of rotatable bonds is 4. The lowest BCUT2D eigenvalue weighted by molar-refractivity contribution is -0.297. The summed E-state index contributed by atoms with van der Waals surface area (Å²) in [4.78, 5) is 14.6. The molecule has 1 atom stereocenters. The molecule has 0 spiro atoms. The summed E-state index contributed by atoms with van der Waals surface area (Å²) in [5, 5.41) is 14.4. The number of anilines is 1. The lowest BCUT2D eigenvalue weighted by Gasteiger charge is -2.32. The van der Waals surface area contributed by atoms with Gasteiger partial charge < -0.3 is 14.7 Å². The van der Waals surface area contributed by atoms with Gasteiger partial charge in [0.05, 0.1) is 19.2 Å². The summed E-state index contributed by atoms with van der Waals surface area (Å²) < 4.78 is 46.1. The van der Waals surface area contributed by atoms with E-state index in [4.69, 9.17) is 4.74 Å². The van der Waals surface area contributed by atoms with Crippen LogP contribution in [0, 0.1) is 0 Å². The fourth-order valence-corrected chi connectivity index (χ4v) is 2.95. The number of amides is 1. The quantitative estimate of drug-likeness (QED) is 0.845. The molecule has 1 heterocycles. The number of alkyl halides is 3. The zero-order valence-corrected chi connectivity index (χ0v) is 16.1. The number of carbonyl (C=O) groups excluding carboxylic acids is 1. The SMILES string of the molecule is COc1ccc(C2=NN(C(=O)c3ccc(N(C)C)cc3)[C@@](O)(C(F)(F)F)C2)cc1. The van der Waals surface area contributed by atoms with Crippen LogP contribution in [0.2, 0.25) is 0 Å². The molecule has 1 aliphatic heterocycles. The summed E-state index contributed by atoms with van der Waals surface area (Å²) >= 11 is 0. The molecule has 1 aliphatic rings. The van der Waals surface area contributed by atoms with E-state index >= 15 is 0 Å². The van der Waals surface area contributed by atoms with Crippen molar-refractivity contribution in [3.05, 3.63) is 59.7 Å². The van der Waals surface area contributed by atoms with E-state index in [1.165, 1.54) is 31.4 Å². The highest BCUT2D eigenvalue weighted by atomic mass is 19.4. The predicted octanol–water partition coefficient (Wildman–Crippen LogP) is 3.26. The van der Waals surface area contributed by atoms with Gasteiger partial charge in [0.1, 0.15) is 5.75 Å². The lowest BCUT2D eigenvalue weighted by Crippen LogP contribution is -2.56. The van der Waals surface area contributed by atoms with Gasteiger partial charge in [0, 0.05) is 25.3 Å². The Balaban J connectivity index is 1.99. The first-order chi connectivity index (χ1) is 13.6. The second kappa shape index (κ2) is 7.40. The average Bonchev–Trinajstić information content (AvgIpc) is 3.06. The zero-order chi connectivity index (χ0) is 21.4. The molecule has 1 N–H and O–H groups in total. The number of carbonyl (C=O) groups is 1. The van der Waals surface area contributed by atoms with Crippen molar-refractivity contribution in [3.8, 4) is 5.75 Å². The highest BCUT2D eigenvalue weighted by molar-refractivity contribution is 6.05. The average molecular weight is 407 g/mol. The van der Waals surface area contributed by atoms with Gasteiger partial charge in [0.15, 0.2) is 0 Å². The van der Waals surface area contributed by atoms with Crippen molar-refractivity contribution >= 4 is 17.3 Å². The molecule has 2 aromatic carbocycles. The van der Waals surface area contributed by atoms with E-state index in [1.54, 1.807) is 43.3 Å². The van der Waals surface area contributed by atoms with E-state index in [-0.39, 0.29) is 16.3 Å². The van der Waals surface area contributed by atoms with Crippen LogP contribution in [0.15, 0.2) is 53.6 Å². The summed E-state index contributed by atoms with van der Waals surface area (Å²) in [6.45, 7) is 0. The first kappa shape index (κ1) is 20.7. The van der Waals surface area contributed by atoms with Gasteiger partial charge >= 0.3 is 6.18 Å². The van der Waals surface area contributed by atoms with Gasteiger partial charge in [-0.25, -0.2) is 0 Å². The standard InChI is InChI=1S/C20H20F3N3O3/c1-25(2)15-8-4-14(5-9-15)18(27)26-19(28,20(21,22)23)12-17(24-26)13-6-10-16(29-3)11-7-13/h4-11,28H,12H2,1-3H3/t19-/m0/s1. The molecule has 0 saturated carbocycles. The van der Waals surface area contributed by atoms with Crippen molar-refractivity contribution in [2.75, 3.05) is 26.1 Å². The van der Waals surface area contributed by atoms with E-state index in [0.717, 1.165) is 5.69 Å². The van der Waals surface area contributed by atoms with Gasteiger partial charge in [-0.1, -0.05) is 0 Å². The fraction of sp³-hybridized carbons (Fsp3) is 0.300. The Labute approximate surface area is 165 Å². The van der Waals surface area contributed by atoms with Crippen LogP contribution in [-0.2, 0) is 0 Å². The molecule has 0 aliphatic carbocycles. The molecule has 0 radical (unpaired) electrons. The number of hydrazone groups is 1. The van der Waals surface area contributed by atoms with Crippen LogP contribution >= 0.6 is 0 Å². The monoisotopic (exact) mass is 407 g/mol. The first-order valence-electron chi connectivity index (χ1n) is 8.70. The van der Waals surface area contributed by atoms with E-state index in [9.17, 15) is 23.1 Å². The maximum absolute atomic E-state index is 13.7. The zero-order valence-electron chi connectivity index (χ0n) is 16.1. The molecule has 9 heteroatoms. The maximum atomic E-state index is 13.7. The van der Waals surface area contributed by atoms with Crippen LogP contribution in [0.25, 0.3) is 0 Å². The van der Waals surface area contributed by atoms with Gasteiger partial charge in [-0.3, -0.25) is 4.79 Å². The van der Waals surface area contributed by atoms with Crippen molar-refractivity contribution in [3.63, 3.8) is 0 Å². The Morgan fingerprint density at radius 3 is 2.21 bits per heavy atom. The Morgan fingerprint density at radius 2 is 1.72 bits per heavy atom. The molecule has 1 amide bonds. The van der Waals surface area contributed by atoms with Crippen LogP contribution in [0.5, 0.6) is 5.75 Å². The van der Waals surface area contributed by atoms with Gasteiger partial charge in [-0.2, -0.15) is 23.3 Å². The summed E-state index contributed by atoms with van der Waals surface area (Å²) in [6, 6.07) is 12.2. The third-order valence-electron chi connectivity index (χ3n) is 4.69. The molecule has 0 fully saturated rings. The topological polar surface area (TPSA) is 65.4 Å². The van der Waals surface area contributed by atoms with Crippen LogP contribution in [0.1, 0.15) is 22.3 Å². The number of nitrogens with zero attached hydrogens (tertiary/aromatic N) is 3. The Bertz CT molecular complexity index is 925. The minimum atomic E-state index is -5.09. The van der Waals surface area contributed by atoms with E-state index in [2.05, 4.69) is 5.10 Å². The number of ether oxygens (including phenoxy) is 1. The second-order valence-corrected chi connectivity index (χ2v) is 6.82. The Hall–Kier alpha value is -3.07. The van der Waals surface area contributed by atoms with Crippen molar-refractivity contribution in [1.82, 2.24) is 5.01 Å². The minimum absolute atomic E-state index is 0.0157. The number of hydrogen-bond donors (Lipinski definition) is 1. The lowest BCUT2D eigenvalue weighted by atomic mass is 10.0. The normalized spacial score (nSPS) is 19.1. The molecule has 29 heavy (non-hydrogen) atoms. The van der Waals surface area contributed by atoms with Crippen LogP contribution in [0.3, 0.4) is 0 Å². The summed E-state index contributed by atoms with van der Waals surface area (Å²) in [6.07, 6.45) is -5.96. The third kappa shape index (κ3) is 3.77. The van der Waals surface area contributed by atoms with E-state index < -0.39 is 24.2 Å². The summed E-state index contributed by atoms with van der Waals surface area (Å²) in [5.41, 5.74) is -2.37. The molecule has 154 valence electrons. The van der Waals surface area contributed by atoms with Crippen LogP contribution in [0.4, 0.5) is 18.9 Å². The molecule has 6 nitrogen and oxygen atoms in total. The Kier molecular flexibility index (Phi) is 5.27. The van der Waals surface area contributed by atoms with Gasteiger partial charge in [0.2, 0.25) is 0 Å². The van der Waals surface area contributed by atoms with Crippen molar-refractivity contribution in [1.29, 1.82) is 0 Å². The fourth-order valence-electron chi connectivity index (χ4n) is 2.95. The first-order valence-corrected chi connectivity index (χ1v) is 8.70. The molecule has 0 saturated heterocycles. The number of halogens is 3. The largest absolute Gasteiger partial charge is 0.497 e. The molecule has 3 rings (SSSR count). The Morgan fingerprint density at radius 1 is 1.14 bits per heavy atom. The van der Waals surface area contributed by atoms with E-state index in [1.807, 2.05) is 0 Å². The summed E-state index contributed by atoms with van der Waals surface area (Å²) in [7, 11) is 5.06. The second-order valence-electron chi connectivity index (χ2n) is 6.82. The molecule has 0 bridgehead atoms. The highest BCUT2D eigenvalue weighted by Crippen LogP contribution is 2.42. The highest BCUT2D eigenvalue weighted by Gasteiger charge is 2.63. The summed E-state index contributed by atoms with van der Waals surface area (Å²) in [5.74, 6) is -0.522. The predicted molar refractivity (Wildman–Crippen MR) is 102 cm³/mol. The maximum Gasteiger partial charge on any atom is 0.438 e. The van der Waals surface area contributed by atoms with E-state index in [0.29, 0.717) is 11.3 Å². The van der Waals surface area contributed by atoms with Crippen molar-refractivity contribution < 1.29 is 27.8 Å². The molecule has 2 aromatic rings.